The molecule has 2 rings (SSSR count). The Kier molecular flexibility index (Phi) is 7.31. The summed E-state index contributed by atoms with van der Waals surface area (Å²) >= 11 is 0. The van der Waals surface area contributed by atoms with Crippen LogP contribution in [0.25, 0.3) is 0 Å². The maximum Gasteiger partial charge on any atom is 0.406 e. The first-order valence-electron chi connectivity index (χ1n) is 9.99. The van der Waals surface area contributed by atoms with Crippen LogP contribution in [0.1, 0.15) is 72.2 Å². The summed E-state index contributed by atoms with van der Waals surface area (Å²) in [5.41, 5.74) is 0.179. The Labute approximate surface area is 182 Å². The van der Waals surface area contributed by atoms with E-state index in [-0.39, 0.29) is 22.9 Å². The topological polar surface area (TPSA) is 59.8 Å². The lowest BCUT2D eigenvalue weighted by Crippen LogP contribution is -2.35. The molecule has 178 valence electrons. The van der Waals surface area contributed by atoms with Crippen LogP contribution in [-0.2, 0) is 7.05 Å². The molecular weight excluding hydrogens is 438 g/mol. The van der Waals surface area contributed by atoms with Crippen molar-refractivity contribution >= 4 is 11.6 Å². The lowest BCUT2D eigenvalue weighted by molar-refractivity contribution is -0.254. The summed E-state index contributed by atoms with van der Waals surface area (Å²) < 4.78 is 80.9. The number of nitrogens with one attached hydrogen (secondary N) is 1. The van der Waals surface area contributed by atoms with Crippen molar-refractivity contribution in [3.8, 4) is 0 Å². The Bertz CT molecular complexity index is 964. The number of nitrogens with zero attached hydrogens (tertiary/aromatic N) is 3. The van der Waals surface area contributed by atoms with Gasteiger partial charge in [-0.15, -0.1) is 0 Å². The fourth-order valence-corrected chi connectivity index (χ4v) is 3.76. The summed E-state index contributed by atoms with van der Waals surface area (Å²) in [5, 5.41) is 6.75. The lowest BCUT2D eigenvalue weighted by atomic mass is 9.93. The summed E-state index contributed by atoms with van der Waals surface area (Å²) in [4.78, 5) is 16.6. The van der Waals surface area contributed by atoms with Gasteiger partial charge in [0.05, 0.1) is 28.3 Å². The van der Waals surface area contributed by atoms with Gasteiger partial charge >= 0.3 is 12.4 Å². The number of alkyl halides is 6. The van der Waals surface area contributed by atoms with Crippen LogP contribution < -0.4 is 5.32 Å². The number of hydrogen-bond acceptors (Lipinski definition) is 3. The molecule has 1 N–H and O–H groups in total. The van der Waals surface area contributed by atoms with Crippen molar-refractivity contribution < 1.29 is 31.1 Å². The number of amides is 1. The first kappa shape index (κ1) is 25.7. The molecule has 0 aromatic carbocycles. The smallest absolute Gasteiger partial charge is 0.320 e. The number of rotatable bonds is 6. The van der Waals surface area contributed by atoms with Gasteiger partial charge < -0.3 is 5.32 Å². The standard InChI is InChI=1S/C21H26F6N4O/c1-10(2)9-11(3)17-14(29-19(32)16-12(4)30-31(6)13(16)5)7-8-15(28-17)18(20(22,23)24)21(25,26)27/h7-8,10-11,18H,9H2,1-6H3,(H,29,32). The Hall–Kier alpha value is -2.59. The second-order valence-electron chi connectivity index (χ2n) is 8.34. The molecule has 0 saturated heterocycles. The number of anilines is 1. The van der Waals surface area contributed by atoms with Crippen LogP contribution in [0, 0.1) is 19.8 Å². The van der Waals surface area contributed by atoms with Gasteiger partial charge in [-0.3, -0.25) is 14.5 Å². The van der Waals surface area contributed by atoms with Gasteiger partial charge in [0.25, 0.3) is 5.91 Å². The van der Waals surface area contributed by atoms with E-state index in [0.29, 0.717) is 23.9 Å². The molecule has 0 aliphatic rings. The zero-order valence-corrected chi connectivity index (χ0v) is 18.6. The van der Waals surface area contributed by atoms with Crippen molar-refractivity contribution in [2.24, 2.45) is 13.0 Å². The monoisotopic (exact) mass is 464 g/mol. The van der Waals surface area contributed by atoms with Crippen molar-refractivity contribution in [3.05, 3.63) is 40.5 Å². The summed E-state index contributed by atoms with van der Waals surface area (Å²) in [6.07, 6.45) is -10.7. The highest BCUT2D eigenvalue weighted by Crippen LogP contribution is 2.46. The molecular formula is C21H26F6N4O. The molecule has 1 amide bonds. The molecule has 0 aliphatic carbocycles. The molecule has 0 saturated carbocycles. The van der Waals surface area contributed by atoms with E-state index in [1.54, 1.807) is 27.8 Å². The number of aromatic nitrogens is 3. The van der Waals surface area contributed by atoms with E-state index in [0.717, 1.165) is 6.07 Å². The van der Waals surface area contributed by atoms with E-state index >= 15 is 0 Å². The predicted octanol–water partition coefficient (Wildman–Crippen LogP) is 6.04. The Balaban J connectivity index is 2.56. The van der Waals surface area contributed by atoms with Gasteiger partial charge in [0.15, 0.2) is 5.92 Å². The zero-order valence-electron chi connectivity index (χ0n) is 18.6. The molecule has 1 unspecified atom stereocenters. The quantitative estimate of drug-likeness (QED) is 0.530. The van der Waals surface area contributed by atoms with E-state index in [9.17, 15) is 31.1 Å². The van der Waals surface area contributed by atoms with Crippen LogP contribution in [0.5, 0.6) is 0 Å². The molecule has 0 spiro atoms. The molecule has 0 bridgehead atoms. The third-order valence-electron chi connectivity index (χ3n) is 5.17. The highest BCUT2D eigenvalue weighted by Gasteiger charge is 2.58. The van der Waals surface area contributed by atoms with Gasteiger partial charge in [-0.05, 0) is 38.3 Å². The van der Waals surface area contributed by atoms with Crippen LogP contribution >= 0.6 is 0 Å². The number of hydrogen-bond donors (Lipinski definition) is 1. The molecule has 2 heterocycles. The molecule has 0 fully saturated rings. The first-order chi connectivity index (χ1) is 14.5. The van der Waals surface area contributed by atoms with Crippen molar-refractivity contribution in [1.82, 2.24) is 14.8 Å². The minimum atomic E-state index is -5.56. The summed E-state index contributed by atoms with van der Waals surface area (Å²) in [6.45, 7) is 8.70. The maximum atomic E-state index is 13.2. The summed E-state index contributed by atoms with van der Waals surface area (Å²) in [7, 11) is 1.65. The Morgan fingerprint density at radius 1 is 1.06 bits per heavy atom. The molecule has 5 nitrogen and oxygen atoms in total. The molecule has 2 aromatic rings. The summed E-state index contributed by atoms with van der Waals surface area (Å²) in [6, 6.07) is 1.72. The highest BCUT2D eigenvalue weighted by molar-refractivity contribution is 6.06. The second kappa shape index (κ2) is 9.11. The van der Waals surface area contributed by atoms with Crippen LogP contribution in [0.15, 0.2) is 12.1 Å². The second-order valence-corrected chi connectivity index (χ2v) is 8.34. The van der Waals surface area contributed by atoms with E-state index in [1.807, 2.05) is 13.8 Å². The van der Waals surface area contributed by atoms with Crippen LogP contribution in [0.2, 0.25) is 0 Å². The fourth-order valence-electron chi connectivity index (χ4n) is 3.76. The van der Waals surface area contributed by atoms with Crippen LogP contribution in [0.4, 0.5) is 32.0 Å². The zero-order chi connectivity index (χ0) is 24.6. The number of pyridine rings is 1. The number of carbonyl (C=O) groups is 1. The molecule has 0 aliphatic heterocycles. The predicted molar refractivity (Wildman–Crippen MR) is 108 cm³/mol. The first-order valence-corrected chi connectivity index (χ1v) is 9.99. The molecule has 0 radical (unpaired) electrons. The van der Waals surface area contributed by atoms with E-state index in [4.69, 9.17) is 0 Å². The normalized spacial score (nSPS) is 13.7. The Morgan fingerprint density at radius 2 is 1.62 bits per heavy atom. The molecule has 11 heteroatoms. The average Bonchev–Trinajstić information content (AvgIpc) is 2.85. The Morgan fingerprint density at radius 3 is 2.06 bits per heavy atom. The lowest BCUT2D eigenvalue weighted by Gasteiger charge is -2.25. The maximum absolute atomic E-state index is 13.2. The van der Waals surface area contributed by atoms with Gasteiger partial charge in [-0.25, -0.2) is 0 Å². The van der Waals surface area contributed by atoms with Gasteiger partial charge in [-0.1, -0.05) is 20.8 Å². The highest BCUT2D eigenvalue weighted by atomic mass is 19.4. The van der Waals surface area contributed by atoms with Crippen LogP contribution in [0.3, 0.4) is 0 Å². The minimum absolute atomic E-state index is 0.0257. The molecule has 1 atom stereocenters. The van der Waals surface area contributed by atoms with Gasteiger partial charge in [0, 0.05) is 18.7 Å². The fraction of sp³-hybridized carbons (Fsp3) is 0.571. The molecule has 32 heavy (non-hydrogen) atoms. The molecule has 2 aromatic heterocycles. The third kappa shape index (κ3) is 5.60. The van der Waals surface area contributed by atoms with Crippen molar-refractivity contribution in [2.45, 2.75) is 65.2 Å². The number of aryl methyl sites for hydroxylation is 2. The van der Waals surface area contributed by atoms with Gasteiger partial charge in [0.2, 0.25) is 0 Å². The van der Waals surface area contributed by atoms with Crippen molar-refractivity contribution in [2.75, 3.05) is 5.32 Å². The van der Waals surface area contributed by atoms with Crippen molar-refractivity contribution in [3.63, 3.8) is 0 Å². The summed E-state index contributed by atoms with van der Waals surface area (Å²) in [5.74, 6) is -4.68. The van der Waals surface area contributed by atoms with Gasteiger partial charge in [-0.2, -0.15) is 31.4 Å². The van der Waals surface area contributed by atoms with Crippen molar-refractivity contribution in [1.29, 1.82) is 0 Å². The number of carbonyl (C=O) groups excluding carboxylic acids is 1. The number of halogens is 6. The van der Waals surface area contributed by atoms with Crippen LogP contribution in [-0.4, -0.2) is 33.0 Å². The van der Waals surface area contributed by atoms with E-state index < -0.39 is 35.8 Å². The van der Waals surface area contributed by atoms with E-state index in [2.05, 4.69) is 15.4 Å². The minimum Gasteiger partial charge on any atom is -0.320 e. The SMILES string of the molecule is Cc1nn(C)c(C)c1C(=O)Nc1ccc(C(C(F)(F)F)C(F)(F)F)nc1C(C)CC(C)C. The third-order valence-corrected chi connectivity index (χ3v) is 5.17. The largest absolute Gasteiger partial charge is 0.406 e. The van der Waals surface area contributed by atoms with E-state index in [1.165, 1.54) is 4.68 Å². The average molecular weight is 464 g/mol. The van der Waals surface area contributed by atoms with Gasteiger partial charge in [0.1, 0.15) is 0 Å².